The molecule has 0 bridgehead atoms. The number of benzene rings is 1. The zero-order chi connectivity index (χ0) is 14.8. The fraction of sp³-hybridized carbons (Fsp3) is 0.533. The number of hydrogen-bond acceptors (Lipinski definition) is 4. The smallest absolute Gasteiger partial charge is 0.238 e. The Morgan fingerprint density at radius 3 is 2.85 bits per heavy atom. The average Bonchev–Trinajstić information content (AvgIpc) is 2.46. The molecule has 0 aromatic heterocycles. The minimum absolute atomic E-state index is 0.0162. The molecule has 0 aliphatic heterocycles. The van der Waals surface area contributed by atoms with Gasteiger partial charge in [0.25, 0.3) is 0 Å². The van der Waals surface area contributed by atoms with Crippen LogP contribution >= 0.6 is 0 Å². The highest BCUT2D eigenvalue weighted by Gasteiger charge is 2.09. The molecule has 1 aromatic carbocycles. The second-order valence-corrected chi connectivity index (χ2v) is 4.52. The van der Waals surface area contributed by atoms with E-state index >= 15 is 0 Å². The van der Waals surface area contributed by atoms with Gasteiger partial charge in [-0.25, -0.2) is 0 Å². The van der Waals surface area contributed by atoms with Crippen LogP contribution in [0.3, 0.4) is 0 Å². The molecule has 0 spiro atoms. The van der Waals surface area contributed by atoms with Crippen LogP contribution in [0.15, 0.2) is 24.3 Å². The lowest BCUT2D eigenvalue weighted by molar-refractivity contribution is -0.117. The first-order chi connectivity index (χ1) is 9.69. The molecular formula is C15H25N3O2. The third-order valence-corrected chi connectivity index (χ3v) is 3.02. The van der Waals surface area contributed by atoms with Gasteiger partial charge in [-0.1, -0.05) is 19.1 Å². The molecule has 112 valence electrons. The van der Waals surface area contributed by atoms with E-state index in [-0.39, 0.29) is 5.91 Å². The fourth-order valence-corrected chi connectivity index (χ4v) is 1.87. The predicted octanol–water partition coefficient (Wildman–Crippen LogP) is 1.44. The zero-order valence-electron chi connectivity index (χ0n) is 12.4. The van der Waals surface area contributed by atoms with Crippen molar-refractivity contribution in [2.45, 2.75) is 20.4 Å². The summed E-state index contributed by atoms with van der Waals surface area (Å²) in [5, 5.41) is 2.89. The lowest BCUT2D eigenvalue weighted by Crippen LogP contribution is -2.35. The van der Waals surface area contributed by atoms with Gasteiger partial charge in [-0.2, -0.15) is 0 Å². The van der Waals surface area contributed by atoms with Crippen LogP contribution in [-0.2, 0) is 16.1 Å². The van der Waals surface area contributed by atoms with E-state index in [4.69, 9.17) is 10.5 Å². The number of nitrogens with zero attached hydrogens (tertiary/aromatic N) is 1. The molecule has 0 unspecified atom stereocenters. The molecule has 0 aliphatic carbocycles. The first-order valence-electron chi connectivity index (χ1n) is 7.08. The number of hydrogen-bond donors (Lipinski definition) is 2. The van der Waals surface area contributed by atoms with Crippen molar-refractivity contribution in [1.29, 1.82) is 0 Å². The number of ether oxygens (including phenoxy) is 1. The molecule has 1 rings (SSSR count). The molecule has 3 N–H and O–H groups in total. The van der Waals surface area contributed by atoms with Gasteiger partial charge < -0.3 is 15.8 Å². The summed E-state index contributed by atoms with van der Waals surface area (Å²) in [4.78, 5) is 14.0. The van der Waals surface area contributed by atoms with Gasteiger partial charge >= 0.3 is 0 Å². The summed E-state index contributed by atoms with van der Waals surface area (Å²) in [6, 6.07) is 7.60. The fourth-order valence-electron chi connectivity index (χ4n) is 1.87. The molecular weight excluding hydrogens is 254 g/mol. The van der Waals surface area contributed by atoms with Gasteiger partial charge in [0.05, 0.1) is 13.2 Å². The Morgan fingerprint density at radius 1 is 1.40 bits per heavy atom. The van der Waals surface area contributed by atoms with Crippen molar-refractivity contribution in [2.75, 3.05) is 38.2 Å². The molecule has 0 atom stereocenters. The van der Waals surface area contributed by atoms with Crippen LogP contribution in [0, 0.1) is 0 Å². The topological polar surface area (TPSA) is 67.6 Å². The Bertz CT molecular complexity index is 410. The second kappa shape index (κ2) is 9.47. The number of likely N-dealkylation sites (N-methyl/N-ethyl adjacent to an activating group) is 1. The lowest BCUT2D eigenvalue weighted by Gasteiger charge is -2.19. The molecule has 0 radical (unpaired) electrons. The highest BCUT2D eigenvalue weighted by Crippen LogP contribution is 2.10. The molecule has 0 fully saturated rings. The Labute approximate surface area is 121 Å². The maximum absolute atomic E-state index is 12.0. The normalized spacial score (nSPS) is 10.8. The van der Waals surface area contributed by atoms with Crippen molar-refractivity contribution in [3.8, 4) is 0 Å². The Kier molecular flexibility index (Phi) is 7.87. The second-order valence-electron chi connectivity index (χ2n) is 4.52. The van der Waals surface area contributed by atoms with Gasteiger partial charge in [-0.15, -0.1) is 0 Å². The number of carbonyl (C=O) groups excluding carboxylic acids is 1. The predicted molar refractivity (Wildman–Crippen MR) is 81.6 cm³/mol. The monoisotopic (exact) mass is 279 g/mol. The van der Waals surface area contributed by atoms with Crippen LogP contribution in [0.4, 0.5) is 5.69 Å². The van der Waals surface area contributed by atoms with Crippen LogP contribution in [0.5, 0.6) is 0 Å². The van der Waals surface area contributed by atoms with Crippen LogP contribution in [0.1, 0.15) is 19.4 Å². The van der Waals surface area contributed by atoms with Gasteiger partial charge in [0, 0.05) is 25.4 Å². The molecule has 0 saturated carbocycles. The van der Waals surface area contributed by atoms with E-state index in [1.165, 1.54) is 0 Å². The molecule has 5 nitrogen and oxygen atoms in total. The zero-order valence-corrected chi connectivity index (χ0v) is 12.4. The van der Waals surface area contributed by atoms with Crippen LogP contribution in [0.2, 0.25) is 0 Å². The number of nitrogens with two attached hydrogens (primary N) is 1. The van der Waals surface area contributed by atoms with E-state index in [1.807, 2.05) is 38.1 Å². The number of rotatable bonds is 9. The van der Waals surface area contributed by atoms with Gasteiger partial charge in [0.1, 0.15) is 0 Å². The van der Waals surface area contributed by atoms with E-state index < -0.39 is 0 Å². The van der Waals surface area contributed by atoms with Crippen molar-refractivity contribution in [1.82, 2.24) is 4.90 Å². The van der Waals surface area contributed by atoms with Crippen molar-refractivity contribution >= 4 is 11.6 Å². The Balaban J connectivity index is 2.44. The summed E-state index contributed by atoms with van der Waals surface area (Å²) in [7, 11) is 0. The van der Waals surface area contributed by atoms with Crippen molar-refractivity contribution in [3.05, 3.63) is 29.8 Å². The summed E-state index contributed by atoms with van der Waals surface area (Å²) in [6.45, 7) is 7.79. The van der Waals surface area contributed by atoms with E-state index in [1.54, 1.807) is 0 Å². The minimum atomic E-state index is -0.0162. The summed E-state index contributed by atoms with van der Waals surface area (Å²) in [6.07, 6.45) is 0. The number of amides is 1. The highest BCUT2D eigenvalue weighted by molar-refractivity contribution is 5.92. The molecule has 5 heteroatoms. The van der Waals surface area contributed by atoms with Crippen LogP contribution in [-0.4, -0.2) is 43.7 Å². The summed E-state index contributed by atoms with van der Waals surface area (Å²) < 4.78 is 5.31. The van der Waals surface area contributed by atoms with Crippen LogP contribution in [0.25, 0.3) is 0 Å². The lowest BCUT2D eigenvalue weighted by atomic mass is 10.2. The maximum atomic E-state index is 12.0. The van der Waals surface area contributed by atoms with E-state index in [0.29, 0.717) is 26.3 Å². The Morgan fingerprint density at radius 2 is 2.20 bits per heavy atom. The van der Waals surface area contributed by atoms with E-state index in [0.717, 1.165) is 24.3 Å². The molecule has 20 heavy (non-hydrogen) atoms. The van der Waals surface area contributed by atoms with Gasteiger partial charge in [-0.05, 0) is 31.2 Å². The molecule has 1 amide bonds. The Hall–Kier alpha value is -1.43. The van der Waals surface area contributed by atoms with Gasteiger partial charge in [0.2, 0.25) is 5.91 Å². The van der Waals surface area contributed by atoms with Crippen molar-refractivity contribution in [3.63, 3.8) is 0 Å². The summed E-state index contributed by atoms with van der Waals surface area (Å²) >= 11 is 0. The molecule has 0 heterocycles. The standard InChI is InChI=1S/C15H25N3O2/c1-3-18(8-9-20-4-2)12-15(19)17-14-7-5-6-13(10-14)11-16/h5-7,10H,3-4,8-9,11-12,16H2,1-2H3,(H,17,19). The third kappa shape index (κ3) is 6.14. The third-order valence-electron chi connectivity index (χ3n) is 3.02. The largest absolute Gasteiger partial charge is 0.380 e. The molecule has 0 saturated heterocycles. The summed E-state index contributed by atoms with van der Waals surface area (Å²) in [5.41, 5.74) is 7.38. The van der Waals surface area contributed by atoms with E-state index in [9.17, 15) is 4.79 Å². The minimum Gasteiger partial charge on any atom is -0.380 e. The average molecular weight is 279 g/mol. The maximum Gasteiger partial charge on any atom is 0.238 e. The SMILES string of the molecule is CCOCCN(CC)CC(=O)Nc1cccc(CN)c1. The van der Waals surface area contributed by atoms with Crippen molar-refractivity contribution < 1.29 is 9.53 Å². The van der Waals surface area contributed by atoms with Gasteiger partial charge in [0.15, 0.2) is 0 Å². The quantitative estimate of drug-likeness (QED) is 0.671. The highest BCUT2D eigenvalue weighted by atomic mass is 16.5. The molecule has 0 aliphatic rings. The number of carbonyl (C=O) groups is 1. The molecule has 1 aromatic rings. The number of nitrogens with one attached hydrogen (secondary N) is 1. The van der Waals surface area contributed by atoms with Gasteiger partial charge in [-0.3, -0.25) is 9.69 Å². The van der Waals surface area contributed by atoms with E-state index in [2.05, 4.69) is 10.2 Å². The van der Waals surface area contributed by atoms with Crippen molar-refractivity contribution in [2.24, 2.45) is 5.73 Å². The first kappa shape index (κ1) is 16.6. The van der Waals surface area contributed by atoms with Crippen LogP contribution < -0.4 is 11.1 Å². The first-order valence-corrected chi connectivity index (χ1v) is 7.08. The number of anilines is 1. The summed E-state index contributed by atoms with van der Waals surface area (Å²) in [5.74, 6) is -0.0162.